The van der Waals surface area contributed by atoms with Crippen LogP contribution >= 0.6 is 11.6 Å². The summed E-state index contributed by atoms with van der Waals surface area (Å²) in [5, 5.41) is 0.165. The monoisotopic (exact) mass is 320 g/mol. The highest BCUT2D eigenvalue weighted by atomic mass is 35.5. The van der Waals surface area contributed by atoms with Crippen molar-refractivity contribution in [2.45, 2.75) is 32.2 Å². The second kappa shape index (κ2) is 6.01. The molecule has 1 aliphatic rings. The number of amides is 1. The van der Waals surface area contributed by atoms with Crippen molar-refractivity contribution in [1.82, 2.24) is 9.88 Å². The molecule has 0 aliphatic carbocycles. The van der Waals surface area contributed by atoms with Crippen molar-refractivity contribution in [2.24, 2.45) is 0 Å². The van der Waals surface area contributed by atoms with E-state index < -0.39 is 0 Å². The minimum Gasteiger partial charge on any atom is -0.464 e. The number of aryl methyl sites for hydroxylation is 1. The molecule has 6 heteroatoms. The molecule has 0 bridgehead atoms. The number of hydrogen-bond acceptors (Lipinski definition) is 3. The highest BCUT2D eigenvalue weighted by Gasteiger charge is 2.30. The first-order valence-corrected chi connectivity index (χ1v) is 7.69. The lowest BCUT2D eigenvalue weighted by Crippen LogP contribution is -2.38. The molecule has 3 rings (SSSR count). The van der Waals surface area contributed by atoms with Crippen LogP contribution in [0.5, 0.6) is 0 Å². The highest BCUT2D eigenvalue weighted by Crippen LogP contribution is 2.33. The van der Waals surface area contributed by atoms with E-state index in [9.17, 15) is 9.59 Å². The smallest absolute Gasteiger partial charge is 0.254 e. The number of carbonyl (C=O) groups excluding carboxylic acids is 1. The molecule has 5 nitrogen and oxygen atoms in total. The van der Waals surface area contributed by atoms with Gasteiger partial charge in [0.1, 0.15) is 16.7 Å². The van der Waals surface area contributed by atoms with Gasteiger partial charge >= 0.3 is 0 Å². The van der Waals surface area contributed by atoms with Gasteiger partial charge in [0.25, 0.3) is 5.91 Å². The van der Waals surface area contributed by atoms with Gasteiger partial charge in [-0.25, -0.2) is 0 Å². The van der Waals surface area contributed by atoms with Gasteiger partial charge in [0.15, 0.2) is 0 Å². The fourth-order valence-corrected chi connectivity index (χ4v) is 3.11. The van der Waals surface area contributed by atoms with Crippen molar-refractivity contribution in [3.8, 4) is 0 Å². The van der Waals surface area contributed by atoms with Crippen LogP contribution in [0, 0.1) is 6.92 Å². The predicted molar refractivity (Wildman–Crippen MR) is 83.1 cm³/mol. The Morgan fingerprint density at radius 2 is 2.18 bits per heavy atom. The third kappa shape index (κ3) is 2.95. The largest absolute Gasteiger partial charge is 0.464 e. The molecule has 0 spiro atoms. The lowest BCUT2D eigenvalue weighted by atomic mass is 9.99. The van der Waals surface area contributed by atoms with Gasteiger partial charge in [0, 0.05) is 18.2 Å². The molecular formula is C16H17ClN2O3. The zero-order valence-corrected chi connectivity index (χ0v) is 13.0. The molecule has 1 saturated heterocycles. The molecule has 1 amide bonds. The van der Waals surface area contributed by atoms with Crippen LogP contribution in [0.3, 0.4) is 0 Å². The van der Waals surface area contributed by atoms with E-state index in [1.54, 1.807) is 4.90 Å². The minimum absolute atomic E-state index is 0.0898. The van der Waals surface area contributed by atoms with E-state index in [1.165, 1.54) is 12.1 Å². The maximum atomic E-state index is 12.8. The number of hydrogen-bond donors (Lipinski definition) is 1. The van der Waals surface area contributed by atoms with Crippen molar-refractivity contribution in [2.75, 3.05) is 6.54 Å². The van der Waals surface area contributed by atoms with E-state index >= 15 is 0 Å². The fourth-order valence-electron chi connectivity index (χ4n) is 2.90. The summed E-state index contributed by atoms with van der Waals surface area (Å²) in [5.74, 6) is 1.43. The van der Waals surface area contributed by atoms with Crippen LogP contribution in [-0.4, -0.2) is 22.3 Å². The molecule has 1 N–H and O–H groups in total. The SMILES string of the molecule is Cc1ccc([C@@H]2CCCCN2C(=O)c2cc(Cl)[nH]c(=O)c2)o1. The predicted octanol–water partition coefficient (Wildman–Crippen LogP) is 3.30. The van der Waals surface area contributed by atoms with Crippen LogP contribution in [0.15, 0.2) is 33.5 Å². The summed E-state index contributed by atoms with van der Waals surface area (Å²) in [6.45, 7) is 2.53. The Hall–Kier alpha value is -2.01. The number of rotatable bonds is 2. The number of pyridine rings is 1. The first kappa shape index (κ1) is 14.9. The van der Waals surface area contributed by atoms with Crippen molar-refractivity contribution in [3.05, 3.63) is 56.9 Å². The Morgan fingerprint density at radius 1 is 1.36 bits per heavy atom. The Morgan fingerprint density at radius 3 is 2.86 bits per heavy atom. The van der Waals surface area contributed by atoms with Gasteiger partial charge in [-0.1, -0.05) is 11.6 Å². The van der Waals surface area contributed by atoms with E-state index in [2.05, 4.69) is 4.98 Å². The van der Waals surface area contributed by atoms with Crippen LogP contribution in [0.2, 0.25) is 5.15 Å². The number of aromatic nitrogens is 1. The second-order valence-corrected chi connectivity index (χ2v) is 5.95. The average molecular weight is 321 g/mol. The molecule has 0 radical (unpaired) electrons. The lowest BCUT2D eigenvalue weighted by molar-refractivity contribution is 0.0579. The minimum atomic E-state index is -0.377. The summed E-state index contributed by atoms with van der Waals surface area (Å²) in [6.07, 6.45) is 2.85. The van der Waals surface area contributed by atoms with E-state index in [4.69, 9.17) is 16.0 Å². The van der Waals surface area contributed by atoms with Gasteiger partial charge in [-0.3, -0.25) is 9.59 Å². The number of aromatic amines is 1. The van der Waals surface area contributed by atoms with E-state index in [-0.39, 0.29) is 22.7 Å². The zero-order chi connectivity index (χ0) is 15.7. The van der Waals surface area contributed by atoms with Gasteiger partial charge in [-0.05, 0) is 44.4 Å². The molecule has 1 aliphatic heterocycles. The van der Waals surface area contributed by atoms with Crippen LogP contribution in [0.4, 0.5) is 0 Å². The molecule has 2 aromatic rings. The number of piperidine rings is 1. The van der Waals surface area contributed by atoms with Crippen molar-refractivity contribution in [1.29, 1.82) is 0 Å². The van der Waals surface area contributed by atoms with Crippen molar-refractivity contribution >= 4 is 17.5 Å². The third-order valence-corrected chi connectivity index (χ3v) is 4.12. The third-order valence-electron chi connectivity index (χ3n) is 3.91. The van der Waals surface area contributed by atoms with Gasteiger partial charge in [0.2, 0.25) is 5.56 Å². The quantitative estimate of drug-likeness (QED) is 0.863. The van der Waals surface area contributed by atoms with Gasteiger partial charge in [-0.15, -0.1) is 0 Å². The average Bonchev–Trinajstić information content (AvgIpc) is 2.92. The summed E-state index contributed by atoms with van der Waals surface area (Å²) in [7, 11) is 0. The summed E-state index contributed by atoms with van der Waals surface area (Å²) in [6, 6.07) is 6.50. The molecule has 22 heavy (non-hydrogen) atoms. The van der Waals surface area contributed by atoms with Crippen LogP contribution < -0.4 is 5.56 Å². The van der Waals surface area contributed by atoms with Gasteiger partial charge < -0.3 is 14.3 Å². The number of nitrogens with one attached hydrogen (secondary N) is 1. The summed E-state index contributed by atoms with van der Waals surface area (Å²) in [4.78, 5) is 28.5. The van der Waals surface area contributed by atoms with E-state index in [1.807, 2.05) is 19.1 Å². The Bertz CT molecular complexity index is 750. The molecule has 1 atom stereocenters. The standard InChI is InChI=1S/C16H17ClN2O3/c1-10-5-6-13(22-10)12-4-2-3-7-19(12)16(21)11-8-14(17)18-15(20)9-11/h5-6,8-9,12H,2-4,7H2,1H3,(H,18,20)/t12-/m0/s1. The molecule has 2 aromatic heterocycles. The van der Waals surface area contributed by atoms with Crippen molar-refractivity contribution in [3.63, 3.8) is 0 Å². The van der Waals surface area contributed by atoms with Crippen LogP contribution in [0.25, 0.3) is 0 Å². The number of carbonyl (C=O) groups is 1. The Kier molecular flexibility index (Phi) is 4.07. The number of likely N-dealkylation sites (tertiary alicyclic amines) is 1. The summed E-state index contributed by atoms with van der Waals surface area (Å²) < 4.78 is 5.70. The molecule has 0 aromatic carbocycles. The normalized spacial score (nSPS) is 18.5. The maximum absolute atomic E-state index is 12.8. The molecule has 1 fully saturated rings. The second-order valence-electron chi connectivity index (χ2n) is 5.54. The molecular weight excluding hydrogens is 304 g/mol. The first-order valence-electron chi connectivity index (χ1n) is 7.32. The Balaban J connectivity index is 1.93. The van der Waals surface area contributed by atoms with E-state index in [0.717, 1.165) is 30.8 Å². The molecule has 0 unspecified atom stereocenters. The maximum Gasteiger partial charge on any atom is 0.254 e. The topological polar surface area (TPSA) is 66.3 Å². The molecule has 0 saturated carbocycles. The number of furan rings is 1. The van der Waals surface area contributed by atoms with Gasteiger partial charge in [0.05, 0.1) is 6.04 Å². The van der Waals surface area contributed by atoms with Crippen LogP contribution in [-0.2, 0) is 0 Å². The zero-order valence-electron chi connectivity index (χ0n) is 12.3. The summed E-state index contributed by atoms with van der Waals surface area (Å²) in [5.41, 5.74) is -0.0674. The van der Waals surface area contributed by atoms with E-state index in [0.29, 0.717) is 12.1 Å². The molecule has 3 heterocycles. The Labute approximate surface area is 132 Å². The first-order chi connectivity index (χ1) is 10.5. The molecule has 116 valence electrons. The fraction of sp³-hybridized carbons (Fsp3) is 0.375. The van der Waals surface area contributed by atoms with Crippen LogP contribution in [0.1, 0.15) is 47.2 Å². The number of nitrogens with zero attached hydrogens (tertiary/aromatic N) is 1. The lowest BCUT2D eigenvalue weighted by Gasteiger charge is -2.34. The van der Waals surface area contributed by atoms with Crippen molar-refractivity contribution < 1.29 is 9.21 Å². The number of halogens is 1. The van der Waals surface area contributed by atoms with Gasteiger partial charge in [-0.2, -0.15) is 0 Å². The summed E-state index contributed by atoms with van der Waals surface area (Å²) >= 11 is 5.85. The number of H-pyrrole nitrogens is 1. The highest BCUT2D eigenvalue weighted by molar-refractivity contribution is 6.29.